The minimum absolute atomic E-state index is 0.0362. The van der Waals surface area contributed by atoms with E-state index >= 15 is 4.39 Å². The fourth-order valence-corrected chi connectivity index (χ4v) is 5.38. The largest absolute Gasteiger partial charge is 0.466 e. The second kappa shape index (κ2) is 11.8. The summed E-state index contributed by atoms with van der Waals surface area (Å²) < 4.78 is 39.8. The lowest BCUT2D eigenvalue weighted by Gasteiger charge is -2.32. The van der Waals surface area contributed by atoms with Crippen molar-refractivity contribution >= 4 is 34.6 Å². The Balaban J connectivity index is 1.22. The van der Waals surface area contributed by atoms with Gasteiger partial charge in [-0.3, -0.25) is 14.4 Å². The van der Waals surface area contributed by atoms with E-state index in [2.05, 4.69) is 10.3 Å². The number of rotatable bonds is 9. The fourth-order valence-electron chi connectivity index (χ4n) is 5.38. The molecule has 1 aliphatic carbocycles. The van der Waals surface area contributed by atoms with Gasteiger partial charge in [0.25, 0.3) is 6.01 Å². The zero-order chi connectivity index (χ0) is 27.5. The third kappa shape index (κ3) is 6.12. The maximum absolute atomic E-state index is 15.4. The van der Waals surface area contributed by atoms with Gasteiger partial charge in [-0.05, 0) is 81.7 Å². The Morgan fingerprint density at radius 2 is 1.92 bits per heavy atom. The highest BCUT2D eigenvalue weighted by atomic mass is 19.1. The molecule has 1 aliphatic heterocycles. The van der Waals surface area contributed by atoms with Crippen molar-refractivity contribution < 1.29 is 32.4 Å². The van der Waals surface area contributed by atoms with Gasteiger partial charge in [0.1, 0.15) is 11.3 Å². The average Bonchev–Trinajstić information content (AvgIpc) is 3.56. The van der Waals surface area contributed by atoms with E-state index in [-0.39, 0.29) is 47.4 Å². The molecule has 0 bridgehead atoms. The second-order valence-electron chi connectivity index (χ2n) is 10.3. The lowest BCUT2D eigenvalue weighted by atomic mass is 9.87. The minimum atomic E-state index is -0.639. The Hall–Kier alpha value is -3.37. The summed E-state index contributed by atoms with van der Waals surface area (Å²) in [6, 6.07) is 7.02. The van der Waals surface area contributed by atoms with Crippen LogP contribution in [0.25, 0.3) is 11.1 Å². The Morgan fingerprint density at radius 3 is 2.69 bits per heavy atom. The number of aryl methyl sites for hydroxylation is 1. The Labute approximate surface area is 225 Å². The Bertz CT molecular complexity index is 1350. The van der Waals surface area contributed by atoms with Gasteiger partial charge in [0.05, 0.1) is 24.7 Å². The minimum Gasteiger partial charge on any atom is -0.466 e. The first-order valence-electron chi connectivity index (χ1n) is 13.6. The summed E-state index contributed by atoms with van der Waals surface area (Å²) in [6.07, 6.45) is 4.15. The molecule has 0 radical (unpaired) electrons. The van der Waals surface area contributed by atoms with Gasteiger partial charge in [-0.25, -0.2) is 8.78 Å². The normalized spacial score (nSPS) is 21.8. The number of hydrogen-bond acceptors (Lipinski definition) is 8. The highest BCUT2D eigenvalue weighted by molar-refractivity contribution is 5.87. The van der Waals surface area contributed by atoms with Gasteiger partial charge in [-0.15, -0.1) is 0 Å². The van der Waals surface area contributed by atoms with E-state index < -0.39 is 17.7 Å². The molecule has 1 N–H and O–H groups in total. The molecule has 0 spiro atoms. The molecular formula is C29H33F2N3O5. The van der Waals surface area contributed by atoms with Crippen molar-refractivity contribution in [2.75, 3.05) is 18.5 Å². The van der Waals surface area contributed by atoms with Crippen LogP contribution in [0.15, 0.2) is 34.7 Å². The van der Waals surface area contributed by atoms with Crippen molar-refractivity contribution in [2.45, 2.75) is 70.9 Å². The molecule has 3 aromatic rings. The molecule has 39 heavy (non-hydrogen) atoms. The van der Waals surface area contributed by atoms with Crippen LogP contribution in [0.2, 0.25) is 0 Å². The Kier molecular flexibility index (Phi) is 8.23. The van der Waals surface area contributed by atoms with E-state index in [1.807, 2.05) is 0 Å². The number of halogens is 2. The predicted molar refractivity (Wildman–Crippen MR) is 140 cm³/mol. The maximum atomic E-state index is 15.4. The van der Waals surface area contributed by atoms with Crippen LogP contribution in [-0.2, 0) is 25.6 Å². The number of benzene rings is 2. The molecule has 1 aromatic heterocycles. The summed E-state index contributed by atoms with van der Waals surface area (Å²) in [4.78, 5) is 35.7. The molecular weight excluding hydrogens is 508 g/mol. The molecule has 8 nitrogen and oxygen atoms in total. The molecule has 2 aliphatic rings. The molecule has 10 heteroatoms. The number of ether oxygens (including phenoxy) is 1. The smallest absolute Gasteiger partial charge is 0.308 e. The summed E-state index contributed by atoms with van der Waals surface area (Å²) >= 11 is 0. The number of fused-ring (bicyclic) bond motifs is 1. The maximum Gasteiger partial charge on any atom is 0.308 e. The number of carbonyl (C=O) groups excluding carboxylic acids is 2. The lowest BCUT2D eigenvalue weighted by Crippen LogP contribution is -2.41. The SMILES string of the molecule is CCOC(=O)C1CCC(ON2CCC[C@@H]2C(=O)Cc2ccc3nc(Nc4cc(F)ccc4C)oc3c2F)CC1. The van der Waals surface area contributed by atoms with Crippen LogP contribution in [0.3, 0.4) is 0 Å². The molecule has 1 atom stereocenters. The number of anilines is 2. The van der Waals surface area contributed by atoms with Crippen molar-refractivity contribution in [2.24, 2.45) is 5.92 Å². The van der Waals surface area contributed by atoms with Gasteiger partial charge in [0.15, 0.2) is 17.2 Å². The van der Waals surface area contributed by atoms with Crippen molar-refractivity contribution in [3.05, 3.63) is 53.1 Å². The van der Waals surface area contributed by atoms with E-state index in [0.29, 0.717) is 43.6 Å². The highest BCUT2D eigenvalue weighted by Crippen LogP contribution is 2.32. The zero-order valence-electron chi connectivity index (χ0n) is 22.2. The molecule has 0 amide bonds. The number of nitrogens with zero attached hydrogens (tertiary/aromatic N) is 2. The highest BCUT2D eigenvalue weighted by Gasteiger charge is 2.35. The Morgan fingerprint density at radius 1 is 1.13 bits per heavy atom. The topological polar surface area (TPSA) is 93.9 Å². The van der Waals surface area contributed by atoms with E-state index in [1.54, 1.807) is 37.1 Å². The van der Waals surface area contributed by atoms with Crippen LogP contribution >= 0.6 is 0 Å². The summed E-state index contributed by atoms with van der Waals surface area (Å²) in [5.74, 6) is -1.42. The number of esters is 1. The first-order chi connectivity index (χ1) is 18.8. The molecule has 208 valence electrons. The fraction of sp³-hybridized carbons (Fsp3) is 0.483. The molecule has 2 heterocycles. The predicted octanol–water partition coefficient (Wildman–Crippen LogP) is 5.79. The van der Waals surface area contributed by atoms with E-state index in [0.717, 1.165) is 24.8 Å². The van der Waals surface area contributed by atoms with Crippen molar-refractivity contribution in [3.8, 4) is 0 Å². The van der Waals surface area contributed by atoms with Crippen molar-refractivity contribution in [1.82, 2.24) is 10.0 Å². The molecule has 2 aromatic carbocycles. The van der Waals surface area contributed by atoms with Crippen molar-refractivity contribution in [3.63, 3.8) is 0 Å². The van der Waals surface area contributed by atoms with Crippen LogP contribution < -0.4 is 5.32 Å². The van der Waals surface area contributed by atoms with Crippen LogP contribution in [0.5, 0.6) is 0 Å². The quantitative estimate of drug-likeness (QED) is 0.341. The first-order valence-corrected chi connectivity index (χ1v) is 13.6. The standard InChI is InChI=1S/C29H33F2N3O5/c1-3-37-28(36)18-7-11-21(12-8-18)39-34-14-4-5-24(34)25(35)15-19-9-13-22-27(26(19)31)38-29(32-22)33-23-16-20(30)10-6-17(23)2/h6,9-10,13,16,18,21,24H,3-5,7-8,11-12,14-15H2,1-2H3,(H,32,33)/t18?,21?,24-/m1/s1. The number of aromatic nitrogens is 1. The number of ketones is 1. The zero-order valence-corrected chi connectivity index (χ0v) is 22.2. The monoisotopic (exact) mass is 541 g/mol. The van der Waals surface area contributed by atoms with Crippen LogP contribution in [-0.4, -0.2) is 47.1 Å². The van der Waals surface area contributed by atoms with Crippen molar-refractivity contribution in [1.29, 1.82) is 0 Å². The van der Waals surface area contributed by atoms with Gasteiger partial charge in [-0.1, -0.05) is 12.1 Å². The number of Topliss-reactive ketones (excluding diaryl/α,β-unsaturated/α-hetero) is 1. The first kappa shape index (κ1) is 27.2. The summed E-state index contributed by atoms with van der Waals surface area (Å²) in [6.45, 7) is 4.62. The van der Waals surface area contributed by atoms with Crippen LogP contribution in [0.4, 0.5) is 20.5 Å². The van der Waals surface area contributed by atoms with Crippen LogP contribution in [0, 0.1) is 24.5 Å². The third-order valence-corrected chi connectivity index (χ3v) is 7.54. The number of carbonyl (C=O) groups is 2. The molecule has 0 unspecified atom stereocenters. The van der Waals surface area contributed by atoms with Gasteiger partial charge < -0.3 is 14.5 Å². The molecule has 5 rings (SSSR count). The average molecular weight is 542 g/mol. The van der Waals surface area contributed by atoms with E-state index in [4.69, 9.17) is 14.0 Å². The summed E-state index contributed by atoms with van der Waals surface area (Å²) in [7, 11) is 0. The number of hydroxylamine groups is 2. The lowest BCUT2D eigenvalue weighted by molar-refractivity contribution is -0.214. The van der Waals surface area contributed by atoms with Gasteiger partial charge in [-0.2, -0.15) is 10.0 Å². The van der Waals surface area contributed by atoms with Crippen LogP contribution in [0.1, 0.15) is 56.6 Å². The number of oxazole rings is 1. The van der Waals surface area contributed by atoms with Gasteiger partial charge in [0.2, 0.25) is 0 Å². The van der Waals surface area contributed by atoms with E-state index in [1.165, 1.54) is 12.1 Å². The molecule has 1 saturated heterocycles. The number of hydrogen-bond donors (Lipinski definition) is 1. The second-order valence-corrected chi connectivity index (χ2v) is 10.3. The number of nitrogens with one attached hydrogen (secondary N) is 1. The summed E-state index contributed by atoms with van der Waals surface area (Å²) in [5.41, 5.74) is 1.70. The molecule has 1 saturated carbocycles. The van der Waals surface area contributed by atoms with Gasteiger partial charge >= 0.3 is 5.97 Å². The third-order valence-electron chi connectivity index (χ3n) is 7.54. The molecule has 2 fully saturated rings. The van der Waals surface area contributed by atoms with Gasteiger partial charge in [0, 0.05) is 18.7 Å². The summed E-state index contributed by atoms with van der Waals surface area (Å²) in [5, 5.41) is 4.64. The van der Waals surface area contributed by atoms with E-state index in [9.17, 15) is 14.0 Å².